The number of nitrogens with zero attached hydrogens (tertiary/aromatic N) is 1. The van der Waals surface area contributed by atoms with Crippen molar-refractivity contribution in [2.75, 3.05) is 46.6 Å². The van der Waals surface area contributed by atoms with Crippen molar-refractivity contribution in [3.63, 3.8) is 0 Å². The molecule has 1 fully saturated rings. The minimum Gasteiger partial charge on any atom is -0.389 e. The molecule has 0 radical (unpaired) electrons. The normalized spacial score (nSPS) is 20.6. The van der Waals surface area contributed by atoms with Gasteiger partial charge in [-0.2, -0.15) is 0 Å². The topological polar surface area (TPSA) is 71.0 Å². The molecule has 0 bridgehead atoms. The van der Waals surface area contributed by atoms with Crippen LogP contribution in [0.3, 0.4) is 0 Å². The molecular weight excluding hydrogens is 260 g/mol. The predicted octanol–water partition coefficient (Wildman–Crippen LogP) is 0.000900. The summed E-state index contributed by atoms with van der Waals surface area (Å²) in [6, 6.07) is -0.160. The lowest BCUT2D eigenvalue weighted by Crippen LogP contribution is -2.41. The van der Waals surface area contributed by atoms with E-state index in [1.807, 2.05) is 0 Å². The zero-order valence-corrected chi connectivity index (χ0v) is 12.6. The van der Waals surface area contributed by atoms with E-state index >= 15 is 0 Å². The van der Waals surface area contributed by atoms with Crippen molar-refractivity contribution >= 4 is 5.91 Å². The highest BCUT2D eigenvalue weighted by Gasteiger charge is 2.28. The number of carbonyl (C=O) groups is 1. The zero-order chi connectivity index (χ0) is 14.8. The molecule has 1 heterocycles. The van der Waals surface area contributed by atoms with Crippen LogP contribution in [0.25, 0.3) is 0 Å². The quantitative estimate of drug-likeness (QED) is 0.524. The van der Waals surface area contributed by atoms with Crippen molar-refractivity contribution < 1.29 is 19.4 Å². The Hall–Kier alpha value is -0.690. The first kappa shape index (κ1) is 17.4. The van der Waals surface area contributed by atoms with Crippen molar-refractivity contribution in [3.05, 3.63) is 0 Å². The van der Waals surface area contributed by atoms with Crippen molar-refractivity contribution in [2.45, 2.75) is 38.3 Å². The second kappa shape index (κ2) is 10.1. The smallest absolute Gasteiger partial charge is 0.239 e. The van der Waals surface area contributed by atoms with E-state index in [-0.39, 0.29) is 18.6 Å². The standard InChI is InChI=1S/C14H28N2O4/c1-3-4-7-19-8-9-20-11-12(17)10-15-13-5-6-16(2)14(13)18/h12-13,15,17H,3-11H2,1-2H3. The molecule has 20 heavy (non-hydrogen) atoms. The van der Waals surface area contributed by atoms with Gasteiger partial charge in [-0.15, -0.1) is 0 Å². The van der Waals surface area contributed by atoms with E-state index in [2.05, 4.69) is 12.2 Å². The summed E-state index contributed by atoms with van der Waals surface area (Å²) in [5.74, 6) is 0.0995. The molecule has 1 aliphatic heterocycles. The van der Waals surface area contributed by atoms with Crippen LogP contribution in [0.5, 0.6) is 0 Å². The third-order valence-corrected chi connectivity index (χ3v) is 3.35. The summed E-state index contributed by atoms with van der Waals surface area (Å²) in [4.78, 5) is 13.3. The Morgan fingerprint density at radius 1 is 1.40 bits per heavy atom. The Labute approximate surface area is 121 Å². The number of likely N-dealkylation sites (N-methyl/N-ethyl adjacent to an activating group) is 1. The van der Waals surface area contributed by atoms with Gasteiger partial charge in [0.25, 0.3) is 0 Å². The molecule has 0 saturated carbocycles. The Bertz CT molecular complexity index is 276. The predicted molar refractivity (Wildman–Crippen MR) is 76.6 cm³/mol. The number of ether oxygens (including phenoxy) is 2. The maximum absolute atomic E-state index is 11.6. The zero-order valence-electron chi connectivity index (χ0n) is 12.6. The molecule has 0 aromatic heterocycles. The molecule has 2 atom stereocenters. The van der Waals surface area contributed by atoms with Crippen molar-refractivity contribution in [1.29, 1.82) is 0 Å². The minimum atomic E-state index is -0.593. The van der Waals surface area contributed by atoms with E-state index in [0.717, 1.165) is 32.4 Å². The van der Waals surface area contributed by atoms with Crippen LogP contribution < -0.4 is 5.32 Å². The number of hydrogen-bond acceptors (Lipinski definition) is 5. The van der Waals surface area contributed by atoms with Crippen LogP contribution in [0.15, 0.2) is 0 Å². The summed E-state index contributed by atoms with van der Waals surface area (Å²) in [5, 5.41) is 12.8. The van der Waals surface area contributed by atoms with Crippen molar-refractivity contribution in [3.8, 4) is 0 Å². The summed E-state index contributed by atoms with van der Waals surface area (Å²) in [6.07, 6.45) is 2.40. The molecular formula is C14H28N2O4. The molecule has 1 saturated heterocycles. The first-order valence-corrected chi connectivity index (χ1v) is 7.47. The molecule has 6 nitrogen and oxygen atoms in total. The number of amides is 1. The second-order valence-electron chi connectivity index (χ2n) is 5.20. The summed E-state index contributed by atoms with van der Waals surface area (Å²) in [7, 11) is 1.79. The van der Waals surface area contributed by atoms with E-state index in [9.17, 15) is 9.90 Å². The maximum Gasteiger partial charge on any atom is 0.239 e. The first-order chi connectivity index (χ1) is 9.65. The number of nitrogens with one attached hydrogen (secondary N) is 1. The SMILES string of the molecule is CCCCOCCOCC(O)CNC1CCN(C)C1=O. The van der Waals surface area contributed by atoms with Gasteiger partial charge in [-0.05, 0) is 12.8 Å². The van der Waals surface area contributed by atoms with E-state index in [1.54, 1.807) is 11.9 Å². The van der Waals surface area contributed by atoms with E-state index in [4.69, 9.17) is 9.47 Å². The highest BCUT2D eigenvalue weighted by molar-refractivity contribution is 5.83. The molecule has 1 aliphatic rings. The Balaban J connectivity index is 1.95. The second-order valence-corrected chi connectivity index (χ2v) is 5.20. The fourth-order valence-electron chi connectivity index (χ4n) is 2.03. The van der Waals surface area contributed by atoms with Crippen LogP contribution in [0.4, 0.5) is 0 Å². The van der Waals surface area contributed by atoms with Gasteiger partial charge < -0.3 is 24.8 Å². The Morgan fingerprint density at radius 2 is 2.15 bits per heavy atom. The summed E-state index contributed by atoms with van der Waals surface area (Å²) in [6.45, 7) is 5.36. The molecule has 2 unspecified atom stereocenters. The molecule has 0 spiro atoms. The van der Waals surface area contributed by atoms with Crippen LogP contribution in [0.2, 0.25) is 0 Å². The number of aliphatic hydroxyl groups excluding tert-OH is 1. The number of likely N-dealkylation sites (tertiary alicyclic amines) is 1. The fourth-order valence-corrected chi connectivity index (χ4v) is 2.03. The van der Waals surface area contributed by atoms with Gasteiger partial charge in [0.1, 0.15) is 0 Å². The first-order valence-electron chi connectivity index (χ1n) is 7.47. The molecule has 2 N–H and O–H groups in total. The average molecular weight is 288 g/mol. The summed E-state index contributed by atoms with van der Waals surface area (Å²) < 4.78 is 10.7. The van der Waals surface area contributed by atoms with Gasteiger partial charge in [-0.1, -0.05) is 13.3 Å². The fraction of sp³-hybridized carbons (Fsp3) is 0.929. The number of aliphatic hydroxyl groups is 1. The van der Waals surface area contributed by atoms with Crippen LogP contribution in [-0.2, 0) is 14.3 Å². The van der Waals surface area contributed by atoms with Gasteiger partial charge in [-0.3, -0.25) is 4.79 Å². The van der Waals surface area contributed by atoms with Gasteiger partial charge in [0.2, 0.25) is 5.91 Å². The number of hydrogen-bond donors (Lipinski definition) is 2. The third kappa shape index (κ3) is 6.65. The van der Waals surface area contributed by atoms with Crippen molar-refractivity contribution in [1.82, 2.24) is 10.2 Å². The molecule has 1 rings (SSSR count). The van der Waals surface area contributed by atoms with Crippen LogP contribution in [0, 0.1) is 0 Å². The van der Waals surface area contributed by atoms with Crippen LogP contribution in [-0.4, -0.2) is 74.6 Å². The van der Waals surface area contributed by atoms with Crippen molar-refractivity contribution in [2.24, 2.45) is 0 Å². The van der Waals surface area contributed by atoms with Gasteiger partial charge in [-0.25, -0.2) is 0 Å². The monoisotopic (exact) mass is 288 g/mol. The van der Waals surface area contributed by atoms with E-state index < -0.39 is 6.10 Å². The van der Waals surface area contributed by atoms with Crippen LogP contribution in [0.1, 0.15) is 26.2 Å². The number of carbonyl (C=O) groups excluding carboxylic acids is 1. The molecule has 0 aliphatic carbocycles. The molecule has 6 heteroatoms. The third-order valence-electron chi connectivity index (χ3n) is 3.35. The van der Waals surface area contributed by atoms with E-state index in [1.165, 1.54) is 0 Å². The largest absolute Gasteiger partial charge is 0.389 e. The lowest BCUT2D eigenvalue weighted by atomic mass is 10.2. The minimum absolute atomic E-state index is 0.0995. The molecule has 1 amide bonds. The Morgan fingerprint density at radius 3 is 2.80 bits per heavy atom. The average Bonchev–Trinajstić information content (AvgIpc) is 2.75. The van der Waals surface area contributed by atoms with Gasteiger partial charge >= 0.3 is 0 Å². The Kier molecular flexibility index (Phi) is 8.77. The highest BCUT2D eigenvalue weighted by atomic mass is 16.5. The lowest BCUT2D eigenvalue weighted by Gasteiger charge is -2.16. The van der Waals surface area contributed by atoms with Gasteiger partial charge in [0, 0.05) is 26.7 Å². The maximum atomic E-state index is 11.6. The van der Waals surface area contributed by atoms with Crippen LogP contribution >= 0.6 is 0 Å². The number of rotatable bonds is 11. The summed E-state index contributed by atoms with van der Waals surface area (Å²) in [5.41, 5.74) is 0. The van der Waals surface area contributed by atoms with Gasteiger partial charge in [0.15, 0.2) is 0 Å². The van der Waals surface area contributed by atoms with Gasteiger partial charge in [0.05, 0.1) is 32.0 Å². The molecule has 0 aromatic carbocycles. The van der Waals surface area contributed by atoms with E-state index in [0.29, 0.717) is 19.8 Å². The number of unbranched alkanes of at least 4 members (excludes halogenated alkanes) is 1. The summed E-state index contributed by atoms with van der Waals surface area (Å²) >= 11 is 0. The molecule has 0 aromatic rings. The molecule has 118 valence electrons. The lowest BCUT2D eigenvalue weighted by molar-refractivity contribution is -0.128. The highest BCUT2D eigenvalue weighted by Crippen LogP contribution is 2.08.